The Morgan fingerprint density at radius 2 is 1.25 bits per heavy atom. The lowest BCUT2D eigenvalue weighted by atomic mass is 9.94. The second kappa shape index (κ2) is 18.7. The summed E-state index contributed by atoms with van der Waals surface area (Å²) >= 11 is 0. The Balaban J connectivity index is 0.852. The summed E-state index contributed by atoms with van der Waals surface area (Å²) in [7, 11) is 0.683. The van der Waals surface area contributed by atoms with Crippen molar-refractivity contribution in [1.82, 2.24) is 9.80 Å². The molecule has 4 aliphatic heterocycles. The Labute approximate surface area is 354 Å². The molecule has 0 aliphatic carbocycles. The fourth-order valence-corrected chi connectivity index (χ4v) is 12.6. The molecule has 2 amide bonds. The Bertz CT molecular complexity index is 2230. The molecule has 5 atom stereocenters. The van der Waals surface area contributed by atoms with E-state index in [1.165, 1.54) is 11.1 Å². The van der Waals surface area contributed by atoms with Gasteiger partial charge in [0.15, 0.2) is 23.0 Å². The van der Waals surface area contributed by atoms with Crippen LogP contribution in [0, 0.1) is 0 Å². The standard InChI is InChI=1S/C49H58N3O7P/c1-4-5-22-60(55,23-12-20-58-46-27-36-18-19-39-25-37(34-14-8-6-9-15-34)32-51(39)48(53)41(36)28-44(46)56-2)24-13-21-59-47-30-43-42(29-45(47)57-3)49(54)52-33-38(26-40(52)31-50-43)35-16-10-7-11-17-35/h6-11,14-17,27-31,37-40H,4-5,12-13,18-26,32-33H2,1-3H3/t37?,38?,39-,40+,60?/m1/s1. The lowest BCUT2D eigenvalue weighted by molar-refractivity contribution is 0.0736. The first-order valence-electron chi connectivity index (χ1n) is 21.8. The molecule has 316 valence electrons. The van der Waals surface area contributed by atoms with Crippen LogP contribution in [0.3, 0.4) is 0 Å². The van der Waals surface area contributed by atoms with Crippen LogP contribution in [-0.4, -0.2) is 98.9 Å². The summed E-state index contributed by atoms with van der Waals surface area (Å²) in [5, 5.41) is 0. The molecule has 0 aromatic heterocycles. The van der Waals surface area contributed by atoms with Crippen molar-refractivity contribution in [2.24, 2.45) is 4.99 Å². The SMILES string of the molecule is CCCCP(=O)(CCCOc1cc2c(cc1OC)C(=O)N1CC(c3ccccc3)C[C@H]1CC2)CCCOc1cc2c(cc1OC)C(=O)N1CC(c3ccccc3)C[C@H]1C=N2. The number of aryl methyl sites for hydroxylation is 1. The second-order valence-corrected chi connectivity index (χ2v) is 20.3. The van der Waals surface area contributed by atoms with Gasteiger partial charge in [0.25, 0.3) is 11.8 Å². The van der Waals surface area contributed by atoms with Crippen LogP contribution in [0.25, 0.3) is 0 Å². The van der Waals surface area contributed by atoms with E-state index < -0.39 is 7.14 Å². The summed E-state index contributed by atoms with van der Waals surface area (Å²) in [5.41, 5.74) is 5.31. The number of unbranched alkanes of at least 4 members (excludes halogenated alkanes) is 1. The lowest BCUT2D eigenvalue weighted by Gasteiger charge is -2.22. The van der Waals surface area contributed by atoms with E-state index in [1.54, 1.807) is 26.4 Å². The van der Waals surface area contributed by atoms with Gasteiger partial charge >= 0.3 is 0 Å². The summed E-state index contributed by atoms with van der Waals surface area (Å²) < 4.78 is 38.3. The number of amides is 2. The van der Waals surface area contributed by atoms with E-state index in [1.807, 2.05) is 47.5 Å². The molecule has 0 saturated carbocycles. The number of rotatable bonds is 17. The average Bonchev–Trinajstić information content (AvgIpc) is 3.86. The fraction of sp³-hybridized carbons (Fsp3) is 0.449. The van der Waals surface area contributed by atoms with Crippen LogP contribution < -0.4 is 18.9 Å². The Kier molecular flexibility index (Phi) is 13.0. The maximum absolute atomic E-state index is 14.3. The predicted molar refractivity (Wildman–Crippen MR) is 237 cm³/mol. The largest absolute Gasteiger partial charge is 0.493 e. The van der Waals surface area contributed by atoms with Gasteiger partial charge in [0.2, 0.25) is 0 Å². The van der Waals surface area contributed by atoms with Crippen molar-refractivity contribution in [3.8, 4) is 23.0 Å². The summed E-state index contributed by atoms with van der Waals surface area (Å²) in [5.74, 6) is 2.82. The molecule has 0 radical (unpaired) electrons. The van der Waals surface area contributed by atoms with E-state index >= 15 is 0 Å². The van der Waals surface area contributed by atoms with Gasteiger partial charge in [-0.3, -0.25) is 14.6 Å². The van der Waals surface area contributed by atoms with E-state index in [9.17, 15) is 14.2 Å². The summed E-state index contributed by atoms with van der Waals surface area (Å²) in [6.07, 6.45) is 10.4. The zero-order valence-corrected chi connectivity index (χ0v) is 36.1. The molecule has 8 rings (SSSR count). The number of hydrogen-bond donors (Lipinski definition) is 0. The minimum atomic E-state index is -2.50. The van der Waals surface area contributed by atoms with Crippen molar-refractivity contribution in [2.75, 3.05) is 59.0 Å². The molecular weight excluding hydrogens is 774 g/mol. The highest BCUT2D eigenvalue weighted by Crippen LogP contribution is 2.48. The van der Waals surface area contributed by atoms with Crippen molar-refractivity contribution >= 4 is 30.9 Å². The van der Waals surface area contributed by atoms with Gasteiger partial charge in [-0.15, -0.1) is 0 Å². The molecule has 2 saturated heterocycles. The number of nitrogens with zero attached hydrogens (tertiary/aromatic N) is 3. The Morgan fingerprint density at radius 3 is 1.88 bits per heavy atom. The minimum absolute atomic E-state index is 0.0510. The van der Waals surface area contributed by atoms with Gasteiger partial charge in [-0.05, 0) is 79.8 Å². The quantitative estimate of drug-likeness (QED) is 0.0771. The molecule has 4 aromatic carbocycles. The van der Waals surface area contributed by atoms with E-state index in [2.05, 4.69) is 48.2 Å². The van der Waals surface area contributed by atoms with Crippen molar-refractivity contribution in [2.45, 2.75) is 82.2 Å². The number of fused-ring (bicyclic) bond motifs is 4. The topological polar surface area (TPSA) is 107 Å². The van der Waals surface area contributed by atoms with Crippen molar-refractivity contribution < 1.29 is 33.1 Å². The molecule has 2 fully saturated rings. The average molecular weight is 832 g/mol. The molecule has 60 heavy (non-hydrogen) atoms. The molecule has 3 unspecified atom stereocenters. The third-order valence-electron chi connectivity index (χ3n) is 12.9. The monoisotopic (exact) mass is 831 g/mol. The first kappa shape index (κ1) is 41.6. The lowest BCUT2D eigenvalue weighted by Crippen LogP contribution is -2.35. The number of ether oxygens (including phenoxy) is 4. The molecule has 0 spiro atoms. The van der Waals surface area contributed by atoms with Gasteiger partial charge in [0, 0.05) is 67.3 Å². The van der Waals surface area contributed by atoms with Crippen LogP contribution in [-0.2, 0) is 11.0 Å². The van der Waals surface area contributed by atoms with Gasteiger partial charge < -0.3 is 33.3 Å². The van der Waals surface area contributed by atoms with Crippen molar-refractivity contribution in [1.29, 1.82) is 0 Å². The second-order valence-electron chi connectivity index (χ2n) is 16.8. The normalized spacial score (nSPS) is 21.6. The zero-order valence-electron chi connectivity index (χ0n) is 35.2. The number of methoxy groups -OCH3 is 2. The molecule has 10 nitrogen and oxygen atoms in total. The number of hydrogen-bond acceptors (Lipinski definition) is 8. The fourth-order valence-electron chi connectivity index (χ4n) is 9.64. The van der Waals surface area contributed by atoms with Gasteiger partial charge in [-0.1, -0.05) is 74.0 Å². The molecule has 0 N–H and O–H groups in total. The number of carbonyl (C=O) groups excluding carboxylic acids is 2. The molecule has 11 heteroatoms. The van der Waals surface area contributed by atoms with Crippen molar-refractivity contribution in [3.05, 3.63) is 113 Å². The van der Waals surface area contributed by atoms with Crippen molar-refractivity contribution in [3.63, 3.8) is 0 Å². The predicted octanol–water partition coefficient (Wildman–Crippen LogP) is 9.76. The first-order chi connectivity index (χ1) is 29.3. The Hall–Kier alpha value is -5.08. The number of benzene rings is 4. The smallest absolute Gasteiger partial charge is 0.256 e. The molecule has 4 heterocycles. The summed E-state index contributed by atoms with van der Waals surface area (Å²) in [4.78, 5) is 36.4. The molecule has 4 aliphatic rings. The van der Waals surface area contributed by atoms with Gasteiger partial charge in [0.05, 0.1) is 51.9 Å². The first-order valence-corrected chi connectivity index (χ1v) is 24.1. The number of carbonyl (C=O) groups is 2. The summed E-state index contributed by atoms with van der Waals surface area (Å²) in [6.45, 7) is 4.27. The van der Waals surface area contributed by atoms with Gasteiger partial charge in [-0.25, -0.2) is 0 Å². The highest BCUT2D eigenvalue weighted by molar-refractivity contribution is 7.63. The van der Waals surface area contributed by atoms with E-state index in [0.717, 1.165) is 50.6 Å². The van der Waals surface area contributed by atoms with Crippen LogP contribution in [0.15, 0.2) is 89.9 Å². The maximum atomic E-state index is 14.3. The van der Waals surface area contributed by atoms with Crippen LogP contribution in [0.1, 0.15) is 101 Å². The summed E-state index contributed by atoms with van der Waals surface area (Å²) in [6, 6.07) is 28.4. The maximum Gasteiger partial charge on any atom is 0.256 e. The number of aliphatic imine (C=N–C) groups is 1. The molecule has 0 bridgehead atoms. The third kappa shape index (κ3) is 9.00. The van der Waals surface area contributed by atoms with Crippen LogP contribution in [0.4, 0.5) is 5.69 Å². The van der Waals surface area contributed by atoms with Crippen LogP contribution in [0.5, 0.6) is 23.0 Å². The zero-order chi connectivity index (χ0) is 41.6. The molecular formula is C49H58N3O7P. The highest BCUT2D eigenvalue weighted by atomic mass is 31.2. The van der Waals surface area contributed by atoms with E-state index in [0.29, 0.717) is 96.8 Å². The highest BCUT2D eigenvalue weighted by Gasteiger charge is 2.40. The van der Waals surface area contributed by atoms with Gasteiger partial charge in [0.1, 0.15) is 0 Å². The van der Waals surface area contributed by atoms with E-state index in [-0.39, 0.29) is 29.8 Å². The minimum Gasteiger partial charge on any atom is -0.493 e. The molecule has 4 aromatic rings. The third-order valence-corrected chi connectivity index (χ3v) is 16.3. The van der Waals surface area contributed by atoms with Crippen LogP contribution in [0.2, 0.25) is 0 Å². The van der Waals surface area contributed by atoms with Crippen LogP contribution >= 0.6 is 7.14 Å². The van der Waals surface area contributed by atoms with E-state index in [4.69, 9.17) is 23.9 Å². The Morgan fingerprint density at radius 1 is 0.683 bits per heavy atom. The van der Waals surface area contributed by atoms with Gasteiger partial charge in [-0.2, -0.15) is 0 Å².